The zero-order valence-corrected chi connectivity index (χ0v) is 12.2. The molecule has 0 aliphatic carbocycles. The van der Waals surface area contributed by atoms with Crippen LogP contribution in [0.25, 0.3) is 0 Å². The molecule has 0 unspecified atom stereocenters. The summed E-state index contributed by atoms with van der Waals surface area (Å²) >= 11 is 0. The van der Waals surface area contributed by atoms with Crippen LogP contribution in [0.3, 0.4) is 0 Å². The van der Waals surface area contributed by atoms with Crippen molar-refractivity contribution in [3.63, 3.8) is 0 Å². The Morgan fingerprint density at radius 3 is 2.33 bits per heavy atom. The van der Waals surface area contributed by atoms with Crippen LogP contribution in [0.1, 0.15) is 39.0 Å². The van der Waals surface area contributed by atoms with Crippen molar-refractivity contribution in [2.75, 3.05) is 31.9 Å². The maximum atomic E-state index is 12.2. The van der Waals surface area contributed by atoms with Crippen molar-refractivity contribution in [3.8, 4) is 0 Å². The van der Waals surface area contributed by atoms with Crippen molar-refractivity contribution >= 4 is 10.0 Å². The molecule has 0 spiro atoms. The van der Waals surface area contributed by atoms with Crippen molar-refractivity contribution in [2.45, 2.75) is 39.0 Å². The monoisotopic (exact) mass is 274 g/mol. The number of hydrogen-bond donors (Lipinski definition) is 1. The van der Waals surface area contributed by atoms with Gasteiger partial charge in [-0.3, -0.25) is 0 Å². The molecule has 0 aromatic rings. The largest absolute Gasteiger partial charge is 0.317 e. The number of hydrogen-bond acceptors (Lipinski definition) is 3. The molecule has 0 saturated carbocycles. The first-order valence-electron chi connectivity index (χ1n) is 7.26. The highest BCUT2D eigenvalue weighted by Crippen LogP contribution is 2.22. The molecule has 5 heteroatoms. The van der Waals surface area contributed by atoms with Gasteiger partial charge in [-0.15, -0.1) is 0 Å². The zero-order chi connectivity index (χ0) is 13.0. The average Bonchev–Trinajstić information content (AvgIpc) is 2.38. The summed E-state index contributed by atoms with van der Waals surface area (Å²) in [5, 5.41) is 3.32. The van der Waals surface area contributed by atoms with E-state index in [0.29, 0.717) is 17.6 Å². The lowest BCUT2D eigenvalue weighted by molar-refractivity contribution is 0.286. The second kappa shape index (κ2) is 6.35. The van der Waals surface area contributed by atoms with E-state index in [2.05, 4.69) is 12.2 Å². The Balaban J connectivity index is 1.79. The molecule has 0 aromatic carbocycles. The Morgan fingerprint density at radius 1 is 1.11 bits per heavy atom. The average molecular weight is 274 g/mol. The fourth-order valence-electron chi connectivity index (χ4n) is 2.88. The molecule has 2 aliphatic heterocycles. The molecule has 18 heavy (non-hydrogen) atoms. The summed E-state index contributed by atoms with van der Waals surface area (Å²) in [6.45, 7) is 5.77. The molecule has 0 amide bonds. The maximum absolute atomic E-state index is 12.2. The van der Waals surface area contributed by atoms with Gasteiger partial charge < -0.3 is 5.32 Å². The van der Waals surface area contributed by atoms with Gasteiger partial charge in [0.05, 0.1) is 5.75 Å². The predicted molar refractivity (Wildman–Crippen MR) is 74.0 cm³/mol. The van der Waals surface area contributed by atoms with Gasteiger partial charge in [0.1, 0.15) is 0 Å². The lowest BCUT2D eigenvalue weighted by Gasteiger charge is -2.30. The minimum Gasteiger partial charge on any atom is -0.317 e. The molecule has 0 atom stereocenters. The van der Waals surface area contributed by atoms with E-state index >= 15 is 0 Å². The van der Waals surface area contributed by atoms with E-state index in [4.69, 9.17) is 0 Å². The summed E-state index contributed by atoms with van der Waals surface area (Å²) in [4.78, 5) is 0. The van der Waals surface area contributed by atoms with E-state index in [9.17, 15) is 8.42 Å². The van der Waals surface area contributed by atoms with Crippen LogP contribution >= 0.6 is 0 Å². The van der Waals surface area contributed by atoms with Gasteiger partial charge in [0.15, 0.2) is 0 Å². The molecule has 106 valence electrons. The van der Waals surface area contributed by atoms with Crippen LogP contribution in [-0.4, -0.2) is 44.7 Å². The number of nitrogens with one attached hydrogen (secondary N) is 1. The summed E-state index contributed by atoms with van der Waals surface area (Å²) in [5.74, 6) is 1.64. The normalized spacial score (nSPS) is 25.4. The molecular formula is C13H26N2O2S. The van der Waals surface area contributed by atoms with E-state index in [0.717, 1.165) is 58.3 Å². The smallest absolute Gasteiger partial charge is 0.214 e. The van der Waals surface area contributed by atoms with Gasteiger partial charge in [-0.2, -0.15) is 0 Å². The second-order valence-corrected chi connectivity index (χ2v) is 7.97. The van der Waals surface area contributed by atoms with Crippen molar-refractivity contribution in [2.24, 2.45) is 11.8 Å². The third kappa shape index (κ3) is 3.93. The molecule has 2 heterocycles. The highest BCUT2D eigenvalue weighted by molar-refractivity contribution is 7.89. The van der Waals surface area contributed by atoms with Crippen molar-refractivity contribution in [3.05, 3.63) is 0 Å². The van der Waals surface area contributed by atoms with Gasteiger partial charge in [0.2, 0.25) is 10.0 Å². The van der Waals surface area contributed by atoms with E-state index in [1.54, 1.807) is 4.31 Å². The van der Waals surface area contributed by atoms with Crippen molar-refractivity contribution in [1.82, 2.24) is 9.62 Å². The van der Waals surface area contributed by atoms with Gasteiger partial charge in [-0.05, 0) is 57.0 Å². The van der Waals surface area contributed by atoms with Crippen LogP contribution in [0, 0.1) is 11.8 Å². The number of piperidine rings is 2. The van der Waals surface area contributed by atoms with Crippen LogP contribution in [0.2, 0.25) is 0 Å². The Bertz CT molecular complexity index is 342. The first-order valence-corrected chi connectivity index (χ1v) is 8.87. The third-order valence-electron chi connectivity index (χ3n) is 4.38. The number of sulfonamides is 1. The van der Waals surface area contributed by atoms with Crippen LogP contribution < -0.4 is 5.32 Å². The standard InChI is InChI=1S/C13H26N2O2S/c1-12-4-9-15(10-5-12)18(16,17)11-6-13-2-7-14-8-3-13/h12-14H,2-11H2,1H3. The number of nitrogens with zero attached hydrogens (tertiary/aromatic N) is 1. The Kier molecular flexibility index (Phi) is 5.04. The first kappa shape index (κ1) is 14.3. The summed E-state index contributed by atoms with van der Waals surface area (Å²) < 4.78 is 26.2. The SMILES string of the molecule is CC1CCN(S(=O)(=O)CCC2CCNCC2)CC1. The molecule has 0 radical (unpaired) electrons. The van der Waals surface area contributed by atoms with E-state index in [1.807, 2.05) is 0 Å². The summed E-state index contributed by atoms with van der Waals surface area (Å²) in [6, 6.07) is 0. The zero-order valence-electron chi connectivity index (χ0n) is 11.4. The highest BCUT2D eigenvalue weighted by atomic mass is 32.2. The molecule has 2 rings (SSSR count). The summed E-state index contributed by atoms with van der Waals surface area (Å²) in [6.07, 6.45) is 5.15. The topological polar surface area (TPSA) is 49.4 Å². The molecule has 2 aliphatic rings. The fraction of sp³-hybridized carbons (Fsp3) is 1.00. The fourth-order valence-corrected chi connectivity index (χ4v) is 4.53. The van der Waals surface area contributed by atoms with Crippen molar-refractivity contribution in [1.29, 1.82) is 0 Å². The molecule has 1 N–H and O–H groups in total. The molecule has 4 nitrogen and oxygen atoms in total. The summed E-state index contributed by atoms with van der Waals surface area (Å²) in [5.41, 5.74) is 0. The van der Waals surface area contributed by atoms with Crippen LogP contribution in [0.4, 0.5) is 0 Å². The van der Waals surface area contributed by atoms with E-state index < -0.39 is 10.0 Å². The maximum Gasteiger partial charge on any atom is 0.214 e. The molecule has 0 aromatic heterocycles. The quantitative estimate of drug-likeness (QED) is 0.844. The van der Waals surface area contributed by atoms with Crippen LogP contribution in [-0.2, 0) is 10.0 Å². The molecule has 2 saturated heterocycles. The molecule has 2 fully saturated rings. The first-order chi connectivity index (χ1) is 8.58. The van der Waals surface area contributed by atoms with Gasteiger partial charge >= 0.3 is 0 Å². The van der Waals surface area contributed by atoms with Gasteiger partial charge in [0.25, 0.3) is 0 Å². The van der Waals surface area contributed by atoms with Gasteiger partial charge in [-0.1, -0.05) is 6.92 Å². The molecule has 0 bridgehead atoms. The van der Waals surface area contributed by atoms with Crippen molar-refractivity contribution < 1.29 is 8.42 Å². The van der Waals surface area contributed by atoms with E-state index in [-0.39, 0.29) is 0 Å². The van der Waals surface area contributed by atoms with E-state index in [1.165, 1.54) is 0 Å². The lowest BCUT2D eigenvalue weighted by atomic mass is 9.96. The van der Waals surface area contributed by atoms with Gasteiger partial charge in [0, 0.05) is 13.1 Å². The third-order valence-corrected chi connectivity index (χ3v) is 6.28. The van der Waals surface area contributed by atoms with Crippen LogP contribution in [0.5, 0.6) is 0 Å². The Hall–Kier alpha value is -0.130. The Morgan fingerprint density at radius 2 is 1.72 bits per heavy atom. The minimum absolute atomic E-state index is 0.353. The predicted octanol–water partition coefficient (Wildman–Crippen LogP) is 1.44. The van der Waals surface area contributed by atoms with Gasteiger partial charge in [-0.25, -0.2) is 12.7 Å². The minimum atomic E-state index is -2.99. The molecular weight excluding hydrogens is 248 g/mol. The van der Waals surface area contributed by atoms with Crippen LogP contribution in [0.15, 0.2) is 0 Å². The second-order valence-electron chi connectivity index (χ2n) is 5.88. The number of rotatable bonds is 4. The summed E-state index contributed by atoms with van der Waals surface area (Å²) in [7, 11) is -2.99. The lowest BCUT2D eigenvalue weighted by Crippen LogP contribution is -2.40. The highest BCUT2D eigenvalue weighted by Gasteiger charge is 2.27. The Labute approximate surface area is 111 Å².